The molecule has 4 rings (SSSR count). The molecule has 0 amide bonds. The van der Waals surface area contributed by atoms with E-state index < -0.39 is 15.3 Å². The maximum Gasteiger partial charge on any atom is 0.316 e. The van der Waals surface area contributed by atoms with Gasteiger partial charge in [-0.1, -0.05) is 31.5 Å². The highest BCUT2D eigenvalue weighted by atomic mass is 35.5. The first kappa shape index (κ1) is 26.0. The summed E-state index contributed by atoms with van der Waals surface area (Å²) in [5, 5.41) is 4.48. The highest BCUT2D eigenvalue weighted by molar-refractivity contribution is 7.89. The summed E-state index contributed by atoms with van der Waals surface area (Å²) in [6.45, 7) is 9.48. The van der Waals surface area contributed by atoms with E-state index in [-0.39, 0.29) is 22.8 Å². The molecule has 1 saturated carbocycles. The van der Waals surface area contributed by atoms with Crippen molar-refractivity contribution in [2.45, 2.75) is 64.7 Å². The summed E-state index contributed by atoms with van der Waals surface area (Å²) in [7, 11) is -3.32. The Kier molecular flexibility index (Phi) is 7.50. The van der Waals surface area contributed by atoms with Gasteiger partial charge in [0.15, 0.2) is 0 Å². The summed E-state index contributed by atoms with van der Waals surface area (Å²) in [5.74, 6) is 0.267. The molecule has 2 aliphatic rings. The quantitative estimate of drug-likeness (QED) is 0.568. The van der Waals surface area contributed by atoms with E-state index in [0.29, 0.717) is 42.6 Å². The Hall–Kier alpha value is -2.10. The average Bonchev–Trinajstić information content (AvgIpc) is 2.79. The van der Waals surface area contributed by atoms with Crippen LogP contribution in [0.15, 0.2) is 35.3 Å². The lowest BCUT2D eigenvalue weighted by Crippen LogP contribution is -2.51. The van der Waals surface area contributed by atoms with Gasteiger partial charge in [0.25, 0.3) is 0 Å². The topological polar surface area (TPSA) is 84.7 Å². The van der Waals surface area contributed by atoms with Crippen molar-refractivity contribution < 1.29 is 13.2 Å². The van der Waals surface area contributed by atoms with Gasteiger partial charge in [0, 0.05) is 31.2 Å². The van der Waals surface area contributed by atoms with E-state index in [0.717, 1.165) is 25.7 Å². The van der Waals surface area contributed by atoms with Crippen LogP contribution in [0.25, 0.3) is 5.69 Å². The first-order valence-electron chi connectivity index (χ1n) is 12.3. The number of halogens is 1. The van der Waals surface area contributed by atoms with Crippen LogP contribution in [-0.4, -0.2) is 60.0 Å². The molecule has 0 radical (unpaired) electrons. The maximum absolute atomic E-state index is 13.7. The number of aromatic nitrogens is 2. The van der Waals surface area contributed by atoms with Crippen LogP contribution < -0.4 is 15.2 Å². The normalized spacial score (nSPS) is 21.3. The lowest BCUT2D eigenvalue weighted by molar-refractivity contribution is 0.0836. The number of piperazine rings is 1. The highest BCUT2D eigenvalue weighted by Gasteiger charge is 2.33. The second kappa shape index (κ2) is 10.1. The van der Waals surface area contributed by atoms with Gasteiger partial charge in [0.05, 0.1) is 23.2 Å². The number of nitrogens with zero attached hydrogens (tertiary/aromatic N) is 4. The molecule has 2 fully saturated rings. The van der Waals surface area contributed by atoms with E-state index in [1.807, 2.05) is 4.90 Å². The molecular weight excluding hydrogens is 488 g/mol. The second-order valence-corrected chi connectivity index (χ2v) is 13.5. The van der Waals surface area contributed by atoms with Crippen molar-refractivity contribution in [2.75, 3.05) is 31.1 Å². The van der Waals surface area contributed by atoms with Crippen molar-refractivity contribution in [2.24, 2.45) is 5.41 Å². The number of ether oxygens (including phenoxy) is 1. The summed E-state index contributed by atoms with van der Waals surface area (Å²) in [5.41, 5.74) is 0.984. The van der Waals surface area contributed by atoms with Gasteiger partial charge in [-0.05, 0) is 63.1 Å². The maximum atomic E-state index is 13.7. The molecule has 1 unspecified atom stereocenters. The highest BCUT2D eigenvalue weighted by Crippen LogP contribution is 2.38. The monoisotopic (exact) mass is 522 g/mol. The van der Waals surface area contributed by atoms with Gasteiger partial charge < -0.3 is 9.64 Å². The second-order valence-electron chi connectivity index (χ2n) is 10.5. The van der Waals surface area contributed by atoms with Gasteiger partial charge in [-0.2, -0.15) is 14.1 Å². The third kappa shape index (κ3) is 5.67. The molecular formula is C25H35ClN4O4S. The predicted octanol–water partition coefficient (Wildman–Crippen LogP) is 4.09. The number of benzene rings is 1. The molecule has 1 aliphatic carbocycles. The van der Waals surface area contributed by atoms with Crippen LogP contribution in [0.4, 0.5) is 5.69 Å². The van der Waals surface area contributed by atoms with Crippen LogP contribution in [0.5, 0.6) is 5.75 Å². The third-order valence-corrected chi connectivity index (χ3v) is 9.46. The minimum atomic E-state index is -3.32. The number of rotatable bonds is 6. The van der Waals surface area contributed by atoms with E-state index in [1.54, 1.807) is 44.3 Å². The van der Waals surface area contributed by atoms with Gasteiger partial charge in [0.2, 0.25) is 15.8 Å². The fourth-order valence-electron chi connectivity index (χ4n) is 4.93. The van der Waals surface area contributed by atoms with Crippen LogP contribution in [0.2, 0.25) is 5.02 Å². The van der Waals surface area contributed by atoms with Crippen LogP contribution >= 0.6 is 11.6 Å². The zero-order valence-electron chi connectivity index (χ0n) is 20.9. The van der Waals surface area contributed by atoms with Gasteiger partial charge in [-0.15, -0.1) is 0 Å². The number of hydrogen-bond donors (Lipinski definition) is 0. The summed E-state index contributed by atoms with van der Waals surface area (Å²) >= 11 is 6.16. The van der Waals surface area contributed by atoms with Crippen LogP contribution in [0.3, 0.4) is 0 Å². The molecule has 2 heterocycles. The zero-order valence-corrected chi connectivity index (χ0v) is 22.5. The molecule has 35 heavy (non-hydrogen) atoms. The predicted molar refractivity (Wildman–Crippen MR) is 139 cm³/mol. The average molecular weight is 523 g/mol. The zero-order chi connectivity index (χ0) is 25.4. The van der Waals surface area contributed by atoms with Crippen molar-refractivity contribution in [3.8, 4) is 11.4 Å². The largest absolute Gasteiger partial charge is 0.483 e. The van der Waals surface area contributed by atoms with E-state index in [2.05, 4.69) is 18.9 Å². The Balaban J connectivity index is 1.67. The lowest BCUT2D eigenvalue weighted by Gasteiger charge is -2.38. The molecule has 2 aromatic rings. The fraction of sp³-hybridized carbons (Fsp3) is 0.600. The van der Waals surface area contributed by atoms with Gasteiger partial charge in [0.1, 0.15) is 5.69 Å². The van der Waals surface area contributed by atoms with Crippen molar-refractivity contribution >= 4 is 27.3 Å². The van der Waals surface area contributed by atoms with Crippen molar-refractivity contribution in [3.05, 3.63) is 45.8 Å². The summed E-state index contributed by atoms with van der Waals surface area (Å²) in [6.07, 6.45) is 5.52. The van der Waals surface area contributed by atoms with E-state index >= 15 is 0 Å². The third-order valence-electron chi connectivity index (χ3n) is 6.95. The fourth-order valence-corrected chi connectivity index (χ4v) is 6.39. The smallest absolute Gasteiger partial charge is 0.316 e. The van der Waals surface area contributed by atoms with Gasteiger partial charge in [-0.25, -0.2) is 8.42 Å². The molecule has 0 spiro atoms. The Labute approximate surface area is 212 Å². The number of sulfonamides is 1. The Morgan fingerprint density at radius 3 is 2.51 bits per heavy atom. The van der Waals surface area contributed by atoms with Crippen LogP contribution in [-0.2, 0) is 10.0 Å². The summed E-state index contributed by atoms with van der Waals surface area (Å²) in [6, 6.07) is 7.00. The van der Waals surface area contributed by atoms with Crippen LogP contribution in [0.1, 0.15) is 53.4 Å². The first-order chi connectivity index (χ1) is 16.5. The van der Waals surface area contributed by atoms with Crippen LogP contribution in [0, 0.1) is 5.41 Å². The molecule has 10 heteroatoms. The van der Waals surface area contributed by atoms with E-state index in [4.69, 9.17) is 16.3 Å². The number of hydrogen-bond acceptors (Lipinski definition) is 6. The van der Waals surface area contributed by atoms with Gasteiger partial charge in [-0.3, -0.25) is 4.79 Å². The Morgan fingerprint density at radius 2 is 1.89 bits per heavy atom. The molecule has 1 saturated heterocycles. The molecule has 1 aliphatic heterocycles. The molecule has 1 aromatic heterocycles. The molecule has 1 aromatic carbocycles. The molecule has 1 atom stereocenters. The minimum absolute atomic E-state index is 0.0666. The molecule has 0 bridgehead atoms. The Morgan fingerprint density at radius 1 is 1.17 bits per heavy atom. The van der Waals surface area contributed by atoms with Gasteiger partial charge >= 0.3 is 5.56 Å². The lowest BCUT2D eigenvalue weighted by atomic mass is 9.76. The molecule has 8 nitrogen and oxygen atoms in total. The van der Waals surface area contributed by atoms with Crippen molar-refractivity contribution in [1.82, 2.24) is 14.1 Å². The minimum Gasteiger partial charge on any atom is -0.483 e. The SMILES string of the molecule is CC(C)S(=O)(=O)N1CCN(c2cnn(-c3cccc(Cl)c3)c(=O)c2OC2CCCC(C)(C)C2)CC1. The van der Waals surface area contributed by atoms with E-state index in [9.17, 15) is 13.2 Å². The molecule has 192 valence electrons. The van der Waals surface area contributed by atoms with E-state index in [1.165, 1.54) is 8.99 Å². The van der Waals surface area contributed by atoms with Crippen molar-refractivity contribution in [3.63, 3.8) is 0 Å². The first-order valence-corrected chi connectivity index (χ1v) is 14.1. The standard InChI is InChI=1S/C25H35ClN4O4S/c1-18(2)35(32,33)29-13-11-28(12-14-29)22-17-27-30(20-8-5-7-19(26)15-20)24(31)23(22)34-21-9-6-10-25(3,4)16-21/h5,7-8,15,17-18,21H,6,9-14,16H2,1-4H3. The van der Waals surface area contributed by atoms with Crippen molar-refractivity contribution in [1.29, 1.82) is 0 Å². The summed E-state index contributed by atoms with van der Waals surface area (Å²) < 4.78 is 34.5. The molecule has 0 N–H and O–H groups in total. The summed E-state index contributed by atoms with van der Waals surface area (Å²) in [4.78, 5) is 15.7. The Bertz CT molecular complexity index is 1220. The number of anilines is 1.